The number of carbonyl (C=O) groups excluding carboxylic acids is 1. The van der Waals surface area contributed by atoms with Gasteiger partial charge in [0.1, 0.15) is 5.69 Å². The van der Waals surface area contributed by atoms with Gasteiger partial charge in [-0.3, -0.25) is 14.9 Å². The average Bonchev–Trinajstić information content (AvgIpc) is 2.44. The van der Waals surface area contributed by atoms with Gasteiger partial charge in [0.25, 0.3) is 11.6 Å². The normalized spacial score (nSPS) is 11.0. The summed E-state index contributed by atoms with van der Waals surface area (Å²) in [5, 5.41) is 16.9. The van der Waals surface area contributed by atoms with E-state index >= 15 is 0 Å². The molecule has 0 fully saturated rings. The third-order valence-corrected chi connectivity index (χ3v) is 3.36. The Balaban J connectivity index is 3.04. The van der Waals surface area contributed by atoms with E-state index in [4.69, 9.17) is 0 Å². The van der Waals surface area contributed by atoms with Crippen LogP contribution in [0.5, 0.6) is 0 Å². The van der Waals surface area contributed by atoms with Crippen molar-refractivity contribution in [3.8, 4) is 0 Å². The molecule has 116 valence electrons. The monoisotopic (exact) mass is 293 g/mol. The lowest BCUT2D eigenvalue weighted by Crippen LogP contribution is -2.42. The summed E-state index contributed by atoms with van der Waals surface area (Å²) in [6.07, 6.45) is 1.64. The Morgan fingerprint density at radius 1 is 1.33 bits per heavy atom. The lowest BCUT2D eigenvalue weighted by molar-refractivity contribution is -0.384. The van der Waals surface area contributed by atoms with Gasteiger partial charge in [0, 0.05) is 23.7 Å². The lowest BCUT2D eigenvalue weighted by atomic mass is 10.0. The highest BCUT2D eigenvalue weighted by atomic mass is 16.6. The van der Waals surface area contributed by atoms with Crippen LogP contribution in [-0.4, -0.2) is 22.9 Å². The minimum Gasteiger partial charge on any atom is -0.379 e. The lowest BCUT2D eigenvalue weighted by Gasteiger charge is -2.24. The summed E-state index contributed by atoms with van der Waals surface area (Å²) < 4.78 is 0. The Morgan fingerprint density at radius 2 is 2.00 bits per heavy atom. The Labute approximate surface area is 125 Å². The standard InChI is InChI=1S/C15H23N3O3/c1-5-9-16-12-10-11(7-8-13(12)18(20)21)14(19)17-15(3,4)6-2/h7-8,10,16H,5-6,9H2,1-4H3,(H,17,19). The van der Waals surface area contributed by atoms with Crippen LogP contribution in [-0.2, 0) is 0 Å². The van der Waals surface area contributed by atoms with Gasteiger partial charge in [-0.25, -0.2) is 0 Å². The van der Waals surface area contributed by atoms with E-state index in [1.807, 2.05) is 27.7 Å². The number of hydrogen-bond donors (Lipinski definition) is 2. The summed E-state index contributed by atoms with van der Waals surface area (Å²) >= 11 is 0. The second-order valence-corrected chi connectivity index (χ2v) is 5.61. The number of nitro groups is 1. The van der Waals surface area contributed by atoms with Crippen molar-refractivity contribution in [1.82, 2.24) is 5.32 Å². The first-order chi connectivity index (χ1) is 9.80. The van der Waals surface area contributed by atoms with Crippen LogP contribution in [0.1, 0.15) is 50.9 Å². The average molecular weight is 293 g/mol. The summed E-state index contributed by atoms with van der Waals surface area (Å²) in [4.78, 5) is 22.8. The van der Waals surface area contributed by atoms with Crippen LogP contribution in [0.2, 0.25) is 0 Å². The molecule has 1 aromatic carbocycles. The van der Waals surface area contributed by atoms with Gasteiger partial charge in [-0.05, 0) is 38.8 Å². The van der Waals surface area contributed by atoms with Crippen molar-refractivity contribution in [2.24, 2.45) is 0 Å². The van der Waals surface area contributed by atoms with Crippen molar-refractivity contribution in [2.45, 2.75) is 46.1 Å². The number of anilines is 1. The molecule has 6 nitrogen and oxygen atoms in total. The van der Waals surface area contributed by atoms with Gasteiger partial charge < -0.3 is 10.6 Å². The number of benzene rings is 1. The molecule has 2 N–H and O–H groups in total. The van der Waals surface area contributed by atoms with E-state index in [0.29, 0.717) is 17.8 Å². The molecule has 6 heteroatoms. The van der Waals surface area contributed by atoms with Gasteiger partial charge in [-0.2, -0.15) is 0 Å². The van der Waals surface area contributed by atoms with E-state index in [0.717, 1.165) is 12.8 Å². The molecule has 1 rings (SSSR count). The summed E-state index contributed by atoms with van der Waals surface area (Å²) in [6.45, 7) is 8.45. The molecule has 0 saturated heterocycles. The van der Waals surface area contributed by atoms with Gasteiger partial charge in [-0.15, -0.1) is 0 Å². The molecule has 0 unspecified atom stereocenters. The maximum atomic E-state index is 12.2. The number of rotatable bonds is 7. The fourth-order valence-electron chi connectivity index (χ4n) is 1.71. The van der Waals surface area contributed by atoms with Gasteiger partial charge in [0.15, 0.2) is 0 Å². The van der Waals surface area contributed by atoms with Crippen molar-refractivity contribution in [2.75, 3.05) is 11.9 Å². The molecule has 0 heterocycles. The van der Waals surface area contributed by atoms with Crippen LogP contribution in [0.25, 0.3) is 0 Å². The Morgan fingerprint density at radius 3 is 2.52 bits per heavy atom. The quantitative estimate of drug-likeness (QED) is 0.596. The highest BCUT2D eigenvalue weighted by Crippen LogP contribution is 2.25. The maximum Gasteiger partial charge on any atom is 0.292 e. The Hall–Kier alpha value is -2.11. The van der Waals surface area contributed by atoms with Crippen LogP contribution in [0.3, 0.4) is 0 Å². The molecule has 0 aliphatic rings. The van der Waals surface area contributed by atoms with Crippen LogP contribution in [0.4, 0.5) is 11.4 Å². The van der Waals surface area contributed by atoms with Crippen LogP contribution >= 0.6 is 0 Å². The third-order valence-electron chi connectivity index (χ3n) is 3.36. The number of carbonyl (C=O) groups is 1. The molecule has 0 aromatic heterocycles. The van der Waals surface area contributed by atoms with Gasteiger partial charge in [0.2, 0.25) is 0 Å². The second-order valence-electron chi connectivity index (χ2n) is 5.61. The zero-order valence-corrected chi connectivity index (χ0v) is 13.0. The summed E-state index contributed by atoms with van der Waals surface area (Å²) in [5.41, 5.74) is 0.467. The van der Waals surface area contributed by atoms with E-state index < -0.39 is 4.92 Å². The second kappa shape index (κ2) is 7.06. The molecule has 1 aromatic rings. The molecule has 0 saturated carbocycles. The van der Waals surface area contributed by atoms with Crippen molar-refractivity contribution >= 4 is 17.3 Å². The topological polar surface area (TPSA) is 84.3 Å². The predicted octanol–water partition coefficient (Wildman–Crippen LogP) is 3.34. The van der Waals surface area contributed by atoms with Crippen molar-refractivity contribution in [3.63, 3.8) is 0 Å². The molecule has 0 aliphatic heterocycles. The first-order valence-corrected chi connectivity index (χ1v) is 7.15. The van der Waals surface area contributed by atoms with E-state index in [1.54, 1.807) is 0 Å². The predicted molar refractivity (Wildman–Crippen MR) is 83.7 cm³/mol. The smallest absolute Gasteiger partial charge is 0.292 e. The van der Waals surface area contributed by atoms with Gasteiger partial charge in [-0.1, -0.05) is 13.8 Å². The molecule has 0 radical (unpaired) electrons. The van der Waals surface area contributed by atoms with E-state index in [1.165, 1.54) is 18.2 Å². The number of nitrogens with zero attached hydrogens (tertiary/aromatic N) is 1. The molecule has 1 amide bonds. The fraction of sp³-hybridized carbons (Fsp3) is 0.533. The number of amides is 1. The Kier molecular flexibility index (Phi) is 5.69. The van der Waals surface area contributed by atoms with Gasteiger partial charge >= 0.3 is 0 Å². The maximum absolute atomic E-state index is 12.2. The number of hydrogen-bond acceptors (Lipinski definition) is 4. The van der Waals surface area contributed by atoms with Crippen molar-refractivity contribution in [3.05, 3.63) is 33.9 Å². The summed E-state index contributed by atoms with van der Waals surface area (Å²) in [6, 6.07) is 4.39. The molecule has 0 bridgehead atoms. The Bertz CT molecular complexity index is 527. The molecular weight excluding hydrogens is 270 g/mol. The van der Waals surface area contributed by atoms with E-state index in [2.05, 4.69) is 10.6 Å². The highest BCUT2D eigenvalue weighted by molar-refractivity contribution is 5.96. The van der Waals surface area contributed by atoms with Crippen LogP contribution in [0, 0.1) is 10.1 Å². The SMILES string of the molecule is CCCNc1cc(C(=O)NC(C)(C)CC)ccc1[N+](=O)[O-]. The molecule has 0 aliphatic carbocycles. The van der Waals surface area contributed by atoms with E-state index in [9.17, 15) is 14.9 Å². The molecule has 0 atom stereocenters. The first-order valence-electron chi connectivity index (χ1n) is 7.15. The van der Waals surface area contributed by atoms with Crippen molar-refractivity contribution in [1.29, 1.82) is 0 Å². The van der Waals surface area contributed by atoms with Crippen molar-refractivity contribution < 1.29 is 9.72 Å². The number of nitro benzene ring substituents is 1. The molecular formula is C15H23N3O3. The number of nitrogens with one attached hydrogen (secondary N) is 2. The summed E-state index contributed by atoms with van der Waals surface area (Å²) in [7, 11) is 0. The molecule has 0 spiro atoms. The first kappa shape index (κ1) is 16.9. The van der Waals surface area contributed by atoms with Crippen LogP contribution < -0.4 is 10.6 Å². The third kappa shape index (κ3) is 4.73. The minimum atomic E-state index is -0.449. The minimum absolute atomic E-state index is 0.0187. The largest absolute Gasteiger partial charge is 0.379 e. The zero-order valence-electron chi connectivity index (χ0n) is 13.0. The zero-order chi connectivity index (χ0) is 16.0. The van der Waals surface area contributed by atoms with E-state index in [-0.39, 0.29) is 17.1 Å². The molecule has 21 heavy (non-hydrogen) atoms. The van der Waals surface area contributed by atoms with Crippen LogP contribution in [0.15, 0.2) is 18.2 Å². The summed E-state index contributed by atoms with van der Waals surface area (Å²) in [5.74, 6) is -0.226. The van der Waals surface area contributed by atoms with Gasteiger partial charge in [0.05, 0.1) is 4.92 Å². The highest BCUT2D eigenvalue weighted by Gasteiger charge is 2.21. The fourth-order valence-corrected chi connectivity index (χ4v) is 1.71.